The number of methoxy groups -OCH3 is 1. The predicted molar refractivity (Wildman–Crippen MR) is 94.7 cm³/mol. The lowest BCUT2D eigenvalue weighted by atomic mass is 9.88. The molecule has 1 aliphatic rings. The third-order valence-electron chi connectivity index (χ3n) is 3.49. The van der Waals surface area contributed by atoms with Crippen LogP contribution in [0, 0.1) is 5.92 Å². The minimum Gasteiger partial charge on any atom is -0.504 e. The first kappa shape index (κ1) is 18.1. The molecule has 0 aliphatic carbocycles. The Morgan fingerprint density at radius 2 is 2.04 bits per heavy atom. The first-order chi connectivity index (χ1) is 11.1. The van der Waals surface area contributed by atoms with Crippen LogP contribution in [0.5, 0.6) is 11.5 Å². The van der Waals surface area contributed by atoms with Crippen LogP contribution < -0.4 is 15.4 Å². The number of hydrogen-bond acceptors (Lipinski definition) is 5. The molecular formula is C17H22N2O4S. The standard InChI is InChI=1S/C17H22N2O4S/c1-9-13(15(21)23-17(2,3)4)14(19-16(24)18-9)10-6-7-11(20)12(8-10)22-5/h6-8,13-14,20H,1H2,2-5H3,(H2,18,19,24)/t13-,14+/m1/s1. The van der Waals surface area contributed by atoms with E-state index in [9.17, 15) is 9.90 Å². The molecule has 7 heteroatoms. The topological polar surface area (TPSA) is 79.8 Å². The summed E-state index contributed by atoms with van der Waals surface area (Å²) in [7, 11) is 1.46. The van der Waals surface area contributed by atoms with Gasteiger partial charge >= 0.3 is 5.97 Å². The highest BCUT2D eigenvalue weighted by atomic mass is 32.1. The van der Waals surface area contributed by atoms with Gasteiger partial charge in [-0.2, -0.15) is 0 Å². The summed E-state index contributed by atoms with van der Waals surface area (Å²) in [6.45, 7) is 9.33. The van der Waals surface area contributed by atoms with E-state index in [2.05, 4.69) is 17.2 Å². The molecule has 1 aliphatic heterocycles. The summed E-state index contributed by atoms with van der Waals surface area (Å²) in [6, 6.07) is 4.39. The maximum atomic E-state index is 12.6. The molecular weight excluding hydrogens is 328 g/mol. The van der Waals surface area contributed by atoms with Gasteiger partial charge in [0.15, 0.2) is 16.6 Å². The first-order valence-electron chi connectivity index (χ1n) is 7.48. The molecule has 0 spiro atoms. The average molecular weight is 350 g/mol. The largest absolute Gasteiger partial charge is 0.504 e. The molecule has 1 aromatic carbocycles. The number of aromatic hydroxyl groups is 1. The minimum absolute atomic E-state index is 0.0189. The van der Waals surface area contributed by atoms with E-state index >= 15 is 0 Å². The summed E-state index contributed by atoms with van der Waals surface area (Å²) in [6.07, 6.45) is 0. The van der Waals surface area contributed by atoms with Crippen molar-refractivity contribution in [2.75, 3.05) is 7.11 Å². The minimum atomic E-state index is -0.676. The Bertz CT molecular complexity index is 682. The SMILES string of the molecule is C=C1NC(=S)N[C@@H](c2ccc(O)c(OC)c2)[C@@H]1C(=O)OC(C)(C)C. The number of esters is 1. The van der Waals surface area contributed by atoms with Crippen LogP contribution in [0.15, 0.2) is 30.5 Å². The molecule has 0 radical (unpaired) electrons. The number of carbonyl (C=O) groups excluding carboxylic acids is 1. The first-order valence-corrected chi connectivity index (χ1v) is 7.89. The van der Waals surface area contributed by atoms with Gasteiger partial charge in [-0.1, -0.05) is 12.6 Å². The molecule has 24 heavy (non-hydrogen) atoms. The van der Waals surface area contributed by atoms with E-state index in [1.54, 1.807) is 32.9 Å². The molecule has 0 aromatic heterocycles. The molecule has 3 N–H and O–H groups in total. The third kappa shape index (κ3) is 3.97. The fourth-order valence-corrected chi connectivity index (χ4v) is 2.75. The van der Waals surface area contributed by atoms with Gasteiger partial charge in [0, 0.05) is 5.70 Å². The van der Waals surface area contributed by atoms with Crippen molar-refractivity contribution in [2.24, 2.45) is 5.92 Å². The molecule has 1 fully saturated rings. The fraction of sp³-hybridized carbons (Fsp3) is 0.412. The predicted octanol–water partition coefficient (Wildman–Crippen LogP) is 2.39. The van der Waals surface area contributed by atoms with Gasteiger partial charge in [-0.25, -0.2) is 0 Å². The number of benzene rings is 1. The van der Waals surface area contributed by atoms with Gasteiger partial charge in [0.05, 0.1) is 13.2 Å². The van der Waals surface area contributed by atoms with Crippen molar-refractivity contribution in [1.82, 2.24) is 10.6 Å². The van der Waals surface area contributed by atoms with Gasteiger partial charge in [0.25, 0.3) is 0 Å². The highest BCUT2D eigenvalue weighted by Crippen LogP contribution is 2.35. The maximum absolute atomic E-state index is 12.6. The lowest BCUT2D eigenvalue weighted by Crippen LogP contribution is -2.51. The zero-order valence-electron chi connectivity index (χ0n) is 14.2. The summed E-state index contributed by atoms with van der Waals surface area (Å²) in [5.74, 6) is -0.755. The van der Waals surface area contributed by atoms with Crippen LogP contribution >= 0.6 is 12.2 Å². The zero-order chi connectivity index (χ0) is 18.1. The van der Waals surface area contributed by atoms with Gasteiger partial charge in [-0.3, -0.25) is 4.79 Å². The molecule has 6 nitrogen and oxygen atoms in total. The van der Waals surface area contributed by atoms with Gasteiger partial charge in [-0.05, 0) is 50.7 Å². The number of hydrogen-bond donors (Lipinski definition) is 3. The van der Waals surface area contributed by atoms with Crippen LogP contribution in [0.3, 0.4) is 0 Å². The van der Waals surface area contributed by atoms with Crippen LogP contribution in [0.2, 0.25) is 0 Å². The van der Waals surface area contributed by atoms with Crippen LogP contribution in [0.1, 0.15) is 32.4 Å². The second-order valence-corrected chi connectivity index (χ2v) is 6.95. The van der Waals surface area contributed by atoms with Crippen LogP contribution in [0.25, 0.3) is 0 Å². The molecule has 130 valence electrons. The highest BCUT2D eigenvalue weighted by molar-refractivity contribution is 7.80. The quantitative estimate of drug-likeness (QED) is 0.570. The molecule has 1 aromatic rings. The van der Waals surface area contributed by atoms with E-state index < -0.39 is 23.5 Å². The number of rotatable bonds is 3. The van der Waals surface area contributed by atoms with E-state index in [4.69, 9.17) is 21.7 Å². The summed E-state index contributed by atoms with van der Waals surface area (Å²) in [5.41, 5.74) is 0.572. The fourth-order valence-electron chi connectivity index (χ4n) is 2.49. The third-order valence-corrected chi connectivity index (χ3v) is 3.71. The van der Waals surface area contributed by atoms with E-state index in [1.165, 1.54) is 13.2 Å². The molecule has 0 bridgehead atoms. The highest BCUT2D eigenvalue weighted by Gasteiger charge is 2.39. The second-order valence-electron chi connectivity index (χ2n) is 6.54. The number of phenols is 1. The van der Waals surface area contributed by atoms with Crippen LogP contribution in [0.4, 0.5) is 0 Å². The maximum Gasteiger partial charge on any atom is 0.317 e. The molecule has 1 saturated heterocycles. The van der Waals surface area contributed by atoms with Crippen LogP contribution in [-0.4, -0.2) is 28.9 Å². The summed E-state index contributed by atoms with van der Waals surface area (Å²) >= 11 is 5.18. The number of ether oxygens (including phenoxy) is 2. The van der Waals surface area contributed by atoms with E-state index in [1.807, 2.05) is 0 Å². The molecule has 2 rings (SSSR count). The van der Waals surface area contributed by atoms with Crippen molar-refractivity contribution in [3.63, 3.8) is 0 Å². The Kier molecular flexibility index (Phi) is 5.03. The summed E-state index contributed by atoms with van der Waals surface area (Å²) < 4.78 is 10.7. The zero-order valence-corrected chi connectivity index (χ0v) is 15.0. The molecule has 2 atom stereocenters. The van der Waals surface area contributed by atoms with Crippen molar-refractivity contribution >= 4 is 23.3 Å². The summed E-state index contributed by atoms with van der Waals surface area (Å²) in [4.78, 5) is 12.6. The monoisotopic (exact) mass is 350 g/mol. The Morgan fingerprint density at radius 1 is 1.38 bits per heavy atom. The second kappa shape index (κ2) is 6.68. The van der Waals surface area contributed by atoms with Crippen molar-refractivity contribution in [3.8, 4) is 11.5 Å². The smallest absolute Gasteiger partial charge is 0.317 e. The van der Waals surface area contributed by atoms with E-state index in [-0.39, 0.29) is 5.75 Å². The van der Waals surface area contributed by atoms with Gasteiger partial charge in [0.1, 0.15) is 11.5 Å². The lowest BCUT2D eigenvalue weighted by Gasteiger charge is -2.36. The lowest BCUT2D eigenvalue weighted by molar-refractivity contribution is -0.159. The van der Waals surface area contributed by atoms with Gasteiger partial charge < -0.3 is 25.2 Å². The summed E-state index contributed by atoms with van der Waals surface area (Å²) in [5, 5.41) is 16.1. The Labute approximate surface area is 146 Å². The van der Waals surface area contributed by atoms with Crippen molar-refractivity contribution in [2.45, 2.75) is 32.4 Å². The number of nitrogens with one attached hydrogen (secondary N) is 2. The van der Waals surface area contributed by atoms with E-state index in [0.717, 1.165) is 5.56 Å². The van der Waals surface area contributed by atoms with Crippen molar-refractivity contribution in [3.05, 3.63) is 36.0 Å². The van der Waals surface area contributed by atoms with Gasteiger partial charge in [-0.15, -0.1) is 0 Å². The van der Waals surface area contributed by atoms with Crippen molar-refractivity contribution < 1.29 is 19.4 Å². The van der Waals surface area contributed by atoms with Gasteiger partial charge in [0.2, 0.25) is 0 Å². The Morgan fingerprint density at radius 3 is 2.62 bits per heavy atom. The Hall–Kier alpha value is -2.28. The van der Waals surface area contributed by atoms with Crippen LogP contribution in [-0.2, 0) is 9.53 Å². The Balaban J connectivity index is 2.40. The number of phenolic OH excluding ortho intramolecular Hbond substituents is 1. The normalized spacial score (nSPS) is 20.8. The molecule has 0 unspecified atom stereocenters. The molecule has 0 amide bonds. The van der Waals surface area contributed by atoms with Crippen molar-refractivity contribution in [1.29, 1.82) is 0 Å². The number of carbonyl (C=O) groups is 1. The number of thiocarbonyl (C=S) groups is 1. The van der Waals surface area contributed by atoms with E-state index in [0.29, 0.717) is 16.6 Å². The molecule has 0 saturated carbocycles. The average Bonchev–Trinajstić information content (AvgIpc) is 2.44. The molecule has 1 heterocycles.